The number of amides is 2. The molecule has 0 aromatic heterocycles. The zero-order valence-electron chi connectivity index (χ0n) is 14.1. The van der Waals surface area contributed by atoms with Gasteiger partial charge in [-0.2, -0.15) is 0 Å². The molecule has 0 aliphatic carbocycles. The van der Waals surface area contributed by atoms with Gasteiger partial charge in [0.1, 0.15) is 6.04 Å². The molecule has 25 heavy (non-hydrogen) atoms. The minimum absolute atomic E-state index is 0.0857. The minimum Gasteiger partial charge on any atom is -0.480 e. The van der Waals surface area contributed by atoms with Crippen LogP contribution in [0.1, 0.15) is 24.8 Å². The molecule has 2 amide bonds. The fourth-order valence-electron chi connectivity index (χ4n) is 3.57. The molecule has 3 rings (SSSR count). The predicted octanol–water partition coefficient (Wildman–Crippen LogP) is 1.28. The van der Waals surface area contributed by atoms with Gasteiger partial charge in [-0.3, -0.25) is 9.59 Å². The molecule has 1 aromatic rings. The fraction of sp³-hybridized carbons (Fsp3) is 0.500. The molecule has 2 aliphatic heterocycles. The highest BCUT2D eigenvalue weighted by Crippen LogP contribution is 2.28. The molecule has 0 radical (unpaired) electrons. The van der Waals surface area contributed by atoms with Crippen molar-refractivity contribution >= 4 is 23.5 Å². The van der Waals surface area contributed by atoms with Crippen molar-refractivity contribution in [2.24, 2.45) is 5.92 Å². The Balaban J connectivity index is 1.60. The first-order valence-electron chi connectivity index (χ1n) is 8.43. The third kappa shape index (κ3) is 3.66. The lowest BCUT2D eigenvalue weighted by atomic mass is 9.89. The van der Waals surface area contributed by atoms with Crippen molar-refractivity contribution in [2.45, 2.75) is 37.8 Å². The van der Waals surface area contributed by atoms with Crippen LogP contribution in [0.2, 0.25) is 0 Å². The maximum absolute atomic E-state index is 12.5. The van der Waals surface area contributed by atoms with Gasteiger partial charge in [0.25, 0.3) is 0 Å². The lowest BCUT2D eigenvalue weighted by molar-refractivity contribution is -0.148. The van der Waals surface area contributed by atoms with E-state index in [0.717, 1.165) is 11.3 Å². The second kappa shape index (κ2) is 7.23. The van der Waals surface area contributed by atoms with Gasteiger partial charge < -0.3 is 20.1 Å². The van der Waals surface area contributed by atoms with Gasteiger partial charge in [0.2, 0.25) is 11.8 Å². The van der Waals surface area contributed by atoms with E-state index in [1.807, 2.05) is 24.3 Å². The Bertz CT molecular complexity index is 690. The SMILES string of the molecule is COC1CC(C(=O)O)N(C(=O)CCC2Cc3ccccc3NC2=O)C1. The minimum atomic E-state index is -1.02. The van der Waals surface area contributed by atoms with Crippen LogP contribution < -0.4 is 5.32 Å². The van der Waals surface area contributed by atoms with Gasteiger partial charge in [0.15, 0.2) is 0 Å². The summed E-state index contributed by atoms with van der Waals surface area (Å²) in [5, 5.41) is 12.2. The van der Waals surface area contributed by atoms with E-state index in [0.29, 0.717) is 19.3 Å². The number of carboxylic acid groups (broad SMARTS) is 1. The molecule has 134 valence electrons. The van der Waals surface area contributed by atoms with Crippen molar-refractivity contribution in [3.8, 4) is 0 Å². The maximum Gasteiger partial charge on any atom is 0.326 e. The summed E-state index contributed by atoms with van der Waals surface area (Å²) in [7, 11) is 1.52. The monoisotopic (exact) mass is 346 g/mol. The number of anilines is 1. The van der Waals surface area contributed by atoms with E-state index >= 15 is 0 Å². The first kappa shape index (κ1) is 17.4. The van der Waals surface area contributed by atoms with E-state index in [1.165, 1.54) is 12.0 Å². The van der Waals surface area contributed by atoms with Crippen LogP contribution in [-0.2, 0) is 25.5 Å². The number of likely N-dealkylation sites (tertiary alicyclic amines) is 1. The Hall–Kier alpha value is -2.41. The Morgan fingerprint density at radius 1 is 1.36 bits per heavy atom. The van der Waals surface area contributed by atoms with Gasteiger partial charge in [-0.05, 0) is 24.5 Å². The summed E-state index contributed by atoms with van der Waals surface area (Å²) in [6.07, 6.45) is 1.20. The number of rotatable bonds is 5. The molecule has 0 bridgehead atoms. The van der Waals surface area contributed by atoms with Crippen molar-refractivity contribution in [1.82, 2.24) is 4.90 Å². The maximum atomic E-state index is 12.5. The van der Waals surface area contributed by atoms with E-state index < -0.39 is 12.0 Å². The molecule has 0 saturated carbocycles. The molecule has 1 aromatic carbocycles. The molecule has 1 saturated heterocycles. The molecule has 1 fully saturated rings. The Morgan fingerprint density at radius 2 is 2.12 bits per heavy atom. The molecule has 2 aliphatic rings. The summed E-state index contributed by atoms with van der Waals surface area (Å²) in [6.45, 7) is 0.284. The highest BCUT2D eigenvalue weighted by atomic mass is 16.5. The number of benzene rings is 1. The first-order valence-corrected chi connectivity index (χ1v) is 8.43. The zero-order chi connectivity index (χ0) is 18.0. The average molecular weight is 346 g/mol. The summed E-state index contributed by atoms with van der Waals surface area (Å²) in [4.78, 5) is 37.4. The van der Waals surface area contributed by atoms with Gasteiger partial charge >= 0.3 is 5.97 Å². The van der Waals surface area contributed by atoms with Crippen LogP contribution in [0.25, 0.3) is 0 Å². The number of carbonyl (C=O) groups is 3. The molecule has 3 atom stereocenters. The van der Waals surface area contributed by atoms with Crippen molar-refractivity contribution in [3.05, 3.63) is 29.8 Å². The van der Waals surface area contributed by atoms with Crippen LogP contribution in [0.4, 0.5) is 5.69 Å². The number of nitrogens with one attached hydrogen (secondary N) is 1. The third-order valence-corrected chi connectivity index (χ3v) is 5.02. The van der Waals surface area contributed by atoms with Crippen LogP contribution >= 0.6 is 0 Å². The predicted molar refractivity (Wildman–Crippen MR) is 90.1 cm³/mol. The van der Waals surface area contributed by atoms with E-state index in [-0.39, 0.29) is 36.8 Å². The van der Waals surface area contributed by atoms with Crippen molar-refractivity contribution < 1.29 is 24.2 Å². The zero-order valence-corrected chi connectivity index (χ0v) is 14.1. The molecular weight excluding hydrogens is 324 g/mol. The van der Waals surface area contributed by atoms with Crippen molar-refractivity contribution in [3.63, 3.8) is 0 Å². The van der Waals surface area contributed by atoms with Gasteiger partial charge in [-0.15, -0.1) is 0 Å². The number of hydrogen-bond donors (Lipinski definition) is 2. The lowest BCUT2D eigenvalue weighted by Crippen LogP contribution is -2.41. The summed E-state index contributed by atoms with van der Waals surface area (Å²) in [5.41, 5.74) is 1.88. The van der Waals surface area contributed by atoms with Crippen molar-refractivity contribution in [1.29, 1.82) is 0 Å². The molecule has 2 heterocycles. The van der Waals surface area contributed by atoms with Crippen LogP contribution in [0.15, 0.2) is 24.3 Å². The highest BCUT2D eigenvalue weighted by molar-refractivity contribution is 5.96. The second-order valence-corrected chi connectivity index (χ2v) is 6.58. The molecular formula is C18H22N2O5. The number of ether oxygens (including phenoxy) is 1. The van der Waals surface area contributed by atoms with E-state index in [9.17, 15) is 19.5 Å². The smallest absolute Gasteiger partial charge is 0.326 e. The van der Waals surface area contributed by atoms with Crippen LogP contribution in [0.5, 0.6) is 0 Å². The van der Waals surface area contributed by atoms with E-state index in [4.69, 9.17) is 4.74 Å². The topological polar surface area (TPSA) is 95.9 Å². The Labute approximate surface area is 146 Å². The van der Waals surface area contributed by atoms with Crippen molar-refractivity contribution in [2.75, 3.05) is 19.0 Å². The number of carboxylic acids is 1. The van der Waals surface area contributed by atoms with Crippen LogP contribution in [0, 0.1) is 5.92 Å². The van der Waals surface area contributed by atoms with E-state index in [2.05, 4.69) is 5.32 Å². The van der Waals surface area contributed by atoms with E-state index in [1.54, 1.807) is 0 Å². The quantitative estimate of drug-likeness (QED) is 0.837. The molecule has 3 unspecified atom stereocenters. The fourth-order valence-corrected chi connectivity index (χ4v) is 3.57. The largest absolute Gasteiger partial charge is 0.480 e. The number of methoxy groups -OCH3 is 1. The molecule has 7 nitrogen and oxygen atoms in total. The normalized spacial score (nSPS) is 25.4. The average Bonchev–Trinajstić information content (AvgIpc) is 3.04. The number of aliphatic carboxylic acids is 1. The number of hydrogen-bond acceptors (Lipinski definition) is 4. The Kier molecular flexibility index (Phi) is 5.03. The highest BCUT2D eigenvalue weighted by Gasteiger charge is 2.40. The van der Waals surface area contributed by atoms with Crippen LogP contribution in [-0.4, -0.2) is 53.6 Å². The number of carbonyl (C=O) groups excluding carboxylic acids is 2. The number of nitrogens with zero attached hydrogens (tertiary/aromatic N) is 1. The Morgan fingerprint density at radius 3 is 2.84 bits per heavy atom. The number of para-hydroxylation sites is 1. The standard InChI is InChI=1S/C18H22N2O5/c1-25-13-9-15(18(23)24)20(10-13)16(21)7-6-12-8-11-4-2-3-5-14(11)19-17(12)22/h2-5,12-13,15H,6-10H2,1H3,(H,19,22)(H,23,24). The summed E-state index contributed by atoms with van der Waals surface area (Å²) in [6, 6.07) is 6.77. The summed E-state index contributed by atoms with van der Waals surface area (Å²) >= 11 is 0. The molecule has 7 heteroatoms. The molecule has 2 N–H and O–H groups in total. The van der Waals surface area contributed by atoms with Gasteiger partial charge in [-0.25, -0.2) is 4.79 Å². The third-order valence-electron chi connectivity index (χ3n) is 5.02. The summed E-state index contributed by atoms with van der Waals surface area (Å²) < 4.78 is 5.20. The summed E-state index contributed by atoms with van der Waals surface area (Å²) in [5.74, 6) is -1.61. The van der Waals surface area contributed by atoms with Gasteiger partial charge in [0, 0.05) is 38.1 Å². The van der Waals surface area contributed by atoms with Gasteiger partial charge in [-0.1, -0.05) is 18.2 Å². The lowest BCUT2D eigenvalue weighted by Gasteiger charge is -2.26. The van der Waals surface area contributed by atoms with Gasteiger partial charge in [0.05, 0.1) is 6.10 Å². The molecule has 0 spiro atoms. The van der Waals surface area contributed by atoms with Crippen LogP contribution in [0.3, 0.4) is 0 Å². The number of fused-ring (bicyclic) bond motifs is 1. The second-order valence-electron chi connectivity index (χ2n) is 6.58. The first-order chi connectivity index (χ1) is 12.0.